The molecule has 7 nitrogen and oxygen atoms in total. The van der Waals surface area contributed by atoms with E-state index in [9.17, 15) is 18.8 Å². The molecule has 2 heterocycles. The molecule has 0 spiro atoms. The van der Waals surface area contributed by atoms with Gasteiger partial charge in [-0.15, -0.1) is 0 Å². The van der Waals surface area contributed by atoms with Crippen molar-refractivity contribution in [2.75, 3.05) is 11.9 Å². The fourth-order valence-corrected chi connectivity index (χ4v) is 2.91. The first-order chi connectivity index (χ1) is 13.3. The summed E-state index contributed by atoms with van der Waals surface area (Å²) in [5.74, 6) is -1.83. The molecule has 0 bridgehead atoms. The highest BCUT2D eigenvalue weighted by Crippen LogP contribution is 2.22. The fourth-order valence-electron chi connectivity index (χ4n) is 2.91. The van der Waals surface area contributed by atoms with Gasteiger partial charge in [-0.1, -0.05) is 6.07 Å². The Kier molecular flexibility index (Phi) is 5.77. The molecule has 2 atom stereocenters. The molecule has 2 aromatic rings. The van der Waals surface area contributed by atoms with E-state index in [4.69, 9.17) is 9.15 Å². The zero-order chi connectivity index (χ0) is 20.3. The largest absolute Gasteiger partial charge is 0.467 e. The van der Waals surface area contributed by atoms with Crippen LogP contribution < -0.4 is 5.32 Å². The van der Waals surface area contributed by atoms with Gasteiger partial charge >= 0.3 is 5.97 Å². The highest BCUT2D eigenvalue weighted by atomic mass is 19.1. The predicted octanol–water partition coefficient (Wildman–Crippen LogP) is 2.65. The van der Waals surface area contributed by atoms with Gasteiger partial charge in [-0.2, -0.15) is 0 Å². The number of ether oxygens (including phenoxy) is 1. The molecule has 3 rings (SSSR count). The minimum Gasteiger partial charge on any atom is -0.467 e. The summed E-state index contributed by atoms with van der Waals surface area (Å²) in [6.07, 6.45) is 0.463. The van der Waals surface area contributed by atoms with Gasteiger partial charge < -0.3 is 19.4 Å². The van der Waals surface area contributed by atoms with E-state index in [-0.39, 0.29) is 31.1 Å². The molecule has 0 aliphatic carbocycles. The molecule has 0 unspecified atom stereocenters. The molecule has 2 amide bonds. The Hall–Kier alpha value is -3.16. The van der Waals surface area contributed by atoms with Crippen molar-refractivity contribution < 1.29 is 27.9 Å². The Balaban J connectivity index is 1.52. The lowest BCUT2D eigenvalue weighted by Gasteiger charge is -2.17. The third-order valence-corrected chi connectivity index (χ3v) is 4.58. The van der Waals surface area contributed by atoms with Crippen molar-refractivity contribution in [3.63, 3.8) is 0 Å². The van der Waals surface area contributed by atoms with Crippen molar-refractivity contribution in [2.24, 2.45) is 5.92 Å². The highest BCUT2D eigenvalue weighted by molar-refractivity contribution is 5.95. The molecule has 0 radical (unpaired) electrons. The van der Waals surface area contributed by atoms with Crippen LogP contribution in [0.2, 0.25) is 0 Å². The number of carbonyl (C=O) groups excluding carboxylic acids is 3. The quantitative estimate of drug-likeness (QED) is 0.769. The third kappa shape index (κ3) is 4.57. The normalized spacial score (nSPS) is 17.5. The van der Waals surface area contributed by atoms with Gasteiger partial charge in [0, 0.05) is 18.7 Å². The predicted molar refractivity (Wildman–Crippen MR) is 97.6 cm³/mol. The van der Waals surface area contributed by atoms with Gasteiger partial charge in [0.25, 0.3) is 5.91 Å². The molecular formula is C20H21FN2O5. The van der Waals surface area contributed by atoms with Crippen molar-refractivity contribution >= 4 is 23.5 Å². The highest BCUT2D eigenvalue weighted by Gasteiger charge is 2.36. The number of rotatable bonds is 6. The van der Waals surface area contributed by atoms with E-state index in [1.807, 2.05) is 0 Å². The molecule has 1 saturated heterocycles. The standard InChI is InChI=1S/C20H21FN2O5/c1-12-5-6-15(9-17(12)21)22-19(25)13(2)28-20(26)14-8-18(24)23(10-14)11-16-4-3-7-27-16/h3-7,9,13-14H,8,10-11H2,1-2H3,(H,22,25)/t13-,14-/m1/s1. The molecule has 148 valence electrons. The summed E-state index contributed by atoms with van der Waals surface area (Å²) >= 11 is 0. The van der Waals surface area contributed by atoms with E-state index in [0.29, 0.717) is 11.3 Å². The molecule has 1 aliphatic heterocycles. The van der Waals surface area contributed by atoms with Crippen LogP contribution in [0.25, 0.3) is 0 Å². The van der Waals surface area contributed by atoms with Gasteiger partial charge in [0.15, 0.2) is 6.10 Å². The molecule has 28 heavy (non-hydrogen) atoms. The van der Waals surface area contributed by atoms with E-state index in [0.717, 1.165) is 0 Å². The molecule has 1 aliphatic rings. The molecular weight excluding hydrogens is 367 g/mol. The van der Waals surface area contributed by atoms with Crippen LogP contribution in [-0.2, 0) is 25.7 Å². The van der Waals surface area contributed by atoms with Crippen LogP contribution in [0.5, 0.6) is 0 Å². The van der Waals surface area contributed by atoms with Gasteiger partial charge in [0.05, 0.1) is 18.7 Å². The number of benzene rings is 1. The number of hydrogen-bond donors (Lipinski definition) is 1. The van der Waals surface area contributed by atoms with Crippen LogP contribution >= 0.6 is 0 Å². The Bertz CT molecular complexity index is 881. The number of nitrogens with zero attached hydrogens (tertiary/aromatic N) is 1. The van der Waals surface area contributed by atoms with Gasteiger partial charge in [0.1, 0.15) is 11.6 Å². The Morgan fingerprint density at radius 1 is 1.39 bits per heavy atom. The summed E-state index contributed by atoms with van der Waals surface area (Å²) < 4.78 is 24.0. The average molecular weight is 388 g/mol. The molecule has 0 saturated carbocycles. The van der Waals surface area contributed by atoms with Gasteiger partial charge in [0.2, 0.25) is 5.91 Å². The van der Waals surface area contributed by atoms with Gasteiger partial charge in [-0.25, -0.2) is 4.39 Å². The maximum absolute atomic E-state index is 13.6. The summed E-state index contributed by atoms with van der Waals surface area (Å²) in [5.41, 5.74) is 0.735. The zero-order valence-electron chi connectivity index (χ0n) is 15.6. The Morgan fingerprint density at radius 3 is 2.86 bits per heavy atom. The number of anilines is 1. The number of carbonyl (C=O) groups is 3. The minimum absolute atomic E-state index is 0.0249. The van der Waals surface area contributed by atoms with E-state index in [1.54, 1.807) is 31.2 Å². The maximum Gasteiger partial charge on any atom is 0.312 e. The number of likely N-dealkylation sites (tertiary alicyclic amines) is 1. The number of halogens is 1. The first kappa shape index (κ1) is 19.6. The number of amides is 2. The lowest BCUT2D eigenvalue weighted by Crippen LogP contribution is -2.33. The van der Waals surface area contributed by atoms with Crippen molar-refractivity contribution in [3.8, 4) is 0 Å². The van der Waals surface area contributed by atoms with Crippen LogP contribution in [0.4, 0.5) is 10.1 Å². The number of nitrogens with one attached hydrogen (secondary N) is 1. The second-order valence-corrected chi connectivity index (χ2v) is 6.79. The smallest absolute Gasteiger partial charge is 0.312 e. The molecule has 1 aromatic carbocycles. The van der Waals surface area contributed by atoms with Crippen LogP contribution in [0, 0.1) is 18.7 Å². The molecule has 8 heteroatoms. The van der Waals surface area contributed by atoms with Crippen LogP contribution in [0.3, 0.4) is 0 Å². The summed E-state index contributed by atoms with van der Waals surface area (Å²) in [4.78, 5) is 38.2. The third-order valence-electron chi connectivity index (χ3n) is 4.58. The van der Waals surface area contributed by atoms with E-state index < -0.39 is 29.7 Å². The summed E-state index contributed by atoms with van der Waals surface area (Å²) in [5, 5.41) is 2.51. The van der Waals surface area contributed by atoms with Gasteiger partial charge in [-0.3, -0.25) is 14.4 Å². The summed E-state index contributed by atoms with van der Waals surface area (Å²) in [6, 6.07) is 7.78. The van der Waals surface area contributed by atoms with Crippen molar-refractivity contribution in [1.29, 1.82) is 0 Å². The van der Waals surface area contributed by atoms with E-state index in [1.165, 1.54) is 24.2 Å². The van der Waals surface area contributed by atoms with Gasteiger partial charge in [-0.05, 0) is 43.7 Å². The van der Waals surface area contributed by atoms with Crippen molar-refractivity contribution in [1.82, 2.24) is 4.90 Å². The second-order valence-electron chi connectivity index (χ2n) is 6.79. The SMILES string of the molecule is Cc1ccc(NC(=O)[C@@H](C)OC(=O)[C@@H]2CC(=O)N(Cc3ccco3)C2)cc1F. The van der Waals surface area contributed by atoms with Crippen LogP contribution in [0.15, 0.2) is 41.0 Å². The lowest BCUT2D eigenvalue weighted by molar-refractivity contribution is -0.157. The number of furan rings is 1. The lowest BCUT2D eigenvalue weighted by atomic mass is 10.1. The maximum atomic E-state index is 13.6. The van der Waals surface area contributed by atoms with E-state index in [2.05, 4.69) is 5.32 Å². The van der Waals surface area contributed by atoms with E-state index >= 15 is 0 Å². The molecule has 1 N–H and O–H groups in total. The molecule has 1 aromatic heterocycles. The topological polar surface area (TPSA) is 88.8 Å². The Morgan fingerprint density at radius 2 is 2.18 bits per heavy atom. The molecule has 1 fully saturated rings. The minimum atomic E-state index is -1.08. The van der Waals surface area contributed by atoms with Crippen molar-refractivity contribution in [2.45, 2.75) is 32.9 Å². The number of hydrogen-bond acceptors (Lipinski definition) is 5. The first-order valence-corrected chi connectivity index (χ1v) is 8.91. The number of esters is 1. The summed E-state index contributed by atoms with van der Waals surface area (Å²) in [6.45, 7) is 3.53. The average Bonchev–Trinajstić information content (AvgIpc) is 3.28. The summed E-state index contributed by atoms with van der Waals surface area (Å²) in [7, 11) is 0. The first-order valence-electron chi connectivity index (χ1n) is 8.91. The fraction of sp³-hybridized carbons (Fsp3) is 0.350. The second kappa shape index (κ2) is 8.24. The zero-order valence-corrected chi connectivity index (χ0v) is 15.6. The number of aryl methyl sites for hydroxylation is 1. The van der Waals surface area contributed by atoms with Crippen LogP contribution in [-0.4, -0.2) is 35.3 Å². The van der Waals surface area contributed by atoms with Crippen LogP contribution in [0.1, 0.15) is 24.7 Å². The monoisotopic (exact) mass is 388 g/mol. The van der Waals surface area contributed by atoms with Crippen molar-refractivity contribution in [3.05, 3.63) is 53.7 Å². The Labute approximate surface area is 161 Å².